The van der Waals surface area contributed by atoms with E-state index in [1.54, 1.807) is 6.26 Å². The van der Waals surface area contributed by atoms with Crippen molar-refractivity contribution >= 4 is 16.8 Å². The number of carbonyl (C=O) groups excluding carboxylic acids is 1. The van der Waals surface area contributed by atoms with Gasteiger partial charge in [-0.3, -0.25) is 4.21 Å². The van der Waals surface area contributed by atoms with Gasteiger partial charge < -0.3 is 15.1 Å². The minimum atomic E-state index is -0.864. The minimum Gasteiger partial charge on any atom is -0.335 e. The van der Waals surface area contributed by atoms with Gasteiger partial charge >= 0.3 is 6.03 Å². The summed E-state index contributed by atoms with van der Waals surface area (Å²) in [5.74, 6) is 1.14. The monoisotopic (exact) mass is 301 g/mol. The molecule has 0 spiro atoms. The van der Waals surface area contributed by atoms with Gasteiger partial charge in [0, 0.05) is 48.5 Å². The molecule has 2 aliphatic heterocycles. The summed E-state index contributed by atoms with van der Waals surface area (Å²) in [6.45, 7) is 7.22. The highest BCUT2D eigenvalue weighted by Gasteiger charge is 2.28. The predicted molar refractivity (Wildman–Crippen MR) is 82.3 cm³/mol. The molecule has 0 aromatic heterocycles. The summed E-state index contributed by atoms with van der Waals surface area (Å²) in [5.41, 5.74) is 0. The molecule has 0 aromatic rings. The number of carbonyl (C=O) groups is 1. The van der Waals surface area contributed by atoms with Crippen molar-refractivity contribution in [2.24, 2.45) is 5.92 Å². The molecule has 0 saturated carbocycles. The second-order valence-electron chi connectivity index (χ2n) is 6.20. The van der Waals surface area contributed by atoms with Crippen LogP contribution in [0.2, 0.25) is 0 Å². The number of nitrogens with zero attached hydrogens (tertiary/aromatic N) is 2. The van der Waals surface area contributed by atoms with Crippen LogP contribution in [0.25, 0.3) is 0 Å². The molecule has 0 aromatic carbocycles. The molecule has 0 aliphatic carbocycles. The highest BCUT2D eigenvalue weighted by Crippen LogP contribution is 2.19. The van der Waals surface area contributed by atoms with Crippen LogP contribution in [0.3, 0.4) is 0 Å². The van der Waals surface area contributed by atoms with E-state index in [-0.39, 0.29) is 12.1 Å². The normalized spacial score (nSPS) is 26.7. The first kappa shape index (κ1) is 15.8. The van der Waals surface area contributed by atoms with Crippen LogP contribution in [-0.4, -0.2) is 70.8 Å². The molecule has 1 N–H and O–H groups in total. The van der Waals surface area contributed by atoms with Gasteiger partial charge in [0.05, 0.1) is 0 Å². The van der Waals surface area contributed by atoms with Crippen LogP contribution >= 0.6 is 0 Å². The molecule has 2 heterocycles. The molecule has 6 heteroatoms. The first-order valence-electron chi connectivity index (χ1n) is 7.62. The van der Waals surface area contributed by atoms with Crippen molar-refractivity contribution < 1.29 is 9.00 Å². The topological polar surface area (TPSA) is 52.7 Å². The van der Waals surface area contributed by atoms with Crippen LogP contribution < -0.4 is 5.32 Å². The number of hydrogen-bond donors (Lipinski definition) is 1. The van der Waals surface area contributed by atoms with Crippen molar-refractivity contribution in [3.8, 4) is 0 Å². The molecule has 2 fully saturated rings. The second-order valence-corrected chi connectivity index (χ2v) is 7.68. The van der Waals surface area contributed by atoms with E-state index in [0.29, 0.717) is 11.7 Å². The van der Waals surface area contributed by atoms with E-state index in [9.17, 15) is 9.00 Å². The van der Waals surface area contributed by atoms with Crippen molar-refractivity contribution in [1.82, 2.24) is 15.1 Å². The Kier molecular flexibility index (Phi) is 5.84. The molecule has 3 atom stereocenters. The van der Waals surface area contributed by atoms with Gasteiger partial charge in [-0.05, 0) is 45.2 Å². The van der Waals surface area contributed by atoms with E-state index < -0.39 is 10.8 Å². The van der Waals surface area contributed by atoms with Gasteiger partial charge in [-0.2, -0.15) is 0 Å². The fourth-order valence-electron chi connectivity index (χ4n) is 3.19. The zero-order valence-electron chi connectivity index (χ0n) is 12.6. The van der Waals surface area contributed by atoms with Gasteiger partial charge in [0.1, 0.15) is 0 Å². The third-order valence-electron chi connectivity index (χ3n) is 4.14. The summed E-state index contributed by atoms with van der Waals surface area (Å²) in [6.07, 6.45) is 5.42. The predicted octanol–water partition coefficient (Wildman–Crippen LogP) is 0.881. The molecular weight excluding hydrogens is 274 g/mol. The fraction of sp³-hybridized carbons (Fsp3) is 0.929. The van der Waals surface area contributed by atoms with Crippen LogP contribution in [-0.2, 0) is 10.8 Å². The Morgan fingerprint density at radius 2 is 2.05 bits per heavy atom. The zero-order chi connectivity index (χ0) is 14.5. The summed E-state index contributed by atoms with van der Waals surface area (Å²) >= 11 is 0. The van der Waals surface area contributed by atoms with Crippen molar-refractivity contribution in [3.63, 3.8) is 0 Å². The minimum absolute atomic E-state index is 0.00636. The fourth-order valence-corrected chi connectivity index (χ4v) is 3.98. The Labute approximate surface area is 124 Å². The summed E-state index contributed by atoms with van der Waals surface area (Å²) in [6, 6.07) is -0.0159. The van der Waals surface area contributed by atoms with E-state index in [0.717, 1.165) is 26.1 Å². The van der Waals surface area contributed by atoms with Gasteiger partial charge in [0.25, 0.3) is 0 Å². The lowest BCUT2D eigenvalue weighted by Crippen LogP contribution is -2.44. The summed E-state index contributed by atoms with van der Waals surface area (Å²) in [5, 5.41) is 2.95. The Morgan fingerprint density at radius 1 is 1.35 bits per heavy atom. The van der Waals surface area contributed by atoms with Gasteiger partial charge in [0.2, 0.25) is 0 Å². The third-order valence-corrected chi connectivity index (χ3v) is 5.11. The summed E-state index contributed by atoms with van der Waals surface area (Å²) < 4.78 is 11.1. The number of likely N-dealkylation sites (tertiary alicyclic amines) is 2. The van der Waals surface area contributed by atoms with Crippen LogP contribution in [0.5, 0.6) is 0 Å². The van der Waals surface area contributed by atoms with Gasteiger partial charge in [-0.1, -0.05) is 0 Å². The molecule has 2 aliphatic rings. The van der Waals surface area contributed by atoms with E-state index in [4.69, 9.17) is 0 Å². The standard InChI is InChI=1S/C14H27N3O2S/c1-12(11-20(2)19)15-14(18)17-8-5-13(10-17)9-16-6-3-4-7-16/h12-13H,3-11H2,1-2H3,(H,15,18). The molecule has 0 bridgehead atoms. The lowest BCUT2D eigenvalue weighted by Gasteiger charge is -2.22. The Morgan fingerprint density at radius 3 is 2.70 bits per heavy atom. The molecular formula is C14H27N3O2S. The molecule has 0 radical (unpaired) electrons. The van der Waals surface area contributed by atoms with Crippen LogP contribution in [0, 0.1) is 5.92 Å². The molecule has 116 valence electrons. The first-order chi connectivity index (χ1) is 9.54. The SMILES string of the molecule is CC(CS(C)=O)NC(=O)N1CCC(CN2CCCC2)C1. The Bertz CT molecular complexity index is 358. The van der Waals surface area contributed by atoms with Crippen LogP contribution in [0.1, 0.15) is 26.2 Å². The number of hydrogen-bond acceptors (Lipinski definition) is 3. The Balaban J connectivity index is 1.71. The lowest BCUT2D eigenvalue weighted by atomic mass is 10.1. The molecule has 5 nitrogen and oxygen atoms in total. The van der Waals surface area contributed by atoms with Crippen molar-refractivity contribution in [2.45, 2.75) is 32.2 Å². The maximum atomic E-state index is 12.1. The van der Waals surface area contributed by atoms with E-state index in [1.165, 1.54) is 25.9 Å². The maximum absolute atomic E-state index is 12.1. The quantitative estimate of drug-likeness (QED) is 0.820. The number of urea groups is 1. The largest absolute Gasteiger partial charge is 0.335 e. The molecule has 2 saturated heterocycles. The number of amides is 2. The van der Waals surface area contributed by atoms with Crippen LogP contribution in [0.4, 0.5) is 4.79 Å². The maximum Gasteiger partial charge on any atom is 0.317 e. The summed E-state index contributed by atoms with van der Waals surface area (Å²) in [4.78, 5) is 16.6. The summed E-state index contributed by atoms with van der Waals surface area (Å²) in [7, 11) is -0.864. The zero-order valence-corrected chi connectivity index (χ0v) is 13.5. The number of nitrogens with one attached hydrogen (secondary N) is 1. The second kappa shape index (κ2) is 7.41. The third kappa shape index (κ3) is 4.74. The first-order valence-corrected chi connectivity index (χ1v) is 9.35. The van der Waals surface area contributed by atoms with E-state index in [1.807, 2.05) is 11.8 Å². The lowest BCUT2D eigenvalue weighted by molar-refractivity contribution is 0.202. The van der Waals surface area contributed by atoms with Crippen molar-refractivity contribution in [2.75, 3.05) is 44.7 Å². The molecule has 20 heavy (non-hydrogen) atoms. The van der Waals surface area contributed by atoms with Gasteiger partial charge in [0.15, 0.2) is 0 Å². The number of rotatable bonds is 5. The van der Waals surface area contributed by atoms with Crippen molar-refractivity contribution in [3.05, 3.63) is 0 Å². The van der Waals surface area contributed by atoms with Gasteiger partial charge in [-0.25, -0.2) is 4.79 Å². The van der Waals surface area contributed by atoms with E-state index in [2.05, 4.69) is 10.2 Å². The van der Waals surface area contributed by atoms with E-state index >= 15 is 0 Å². The molecule has 2 amide bonds. The molecule has 3 unspecified atom stereocenters. The highest BCUT2D eigenvalue weighted by molar-refractivity contribution is 7.84. The average molecular weight is 301 g/mol. The Hall–Kier alpha value is -0.620. The highest BCUT2D eigenvalue weighted by atomic mass is 32.2. The average Bonchev–Trinajstić information content (AvgIpc) is 2.99. The smallest absolute Gasteiger partial charge is 0.317 e. The van der Waals surface area contributed by atoms with Crippen LogP contribution in [0.15, 0.2) is 0 Å². The molecule has 2 rings (SSSR count). The van der Waals surface area contributed by atoms with Gasteiger partial charge in [-0.15, -0.1) is 0 Å². The van der Waals surface area contributed by atoms with Crippen molar-refractivity contribution in [1.29, 1.82) is 0 Å².